The molecule has 2 radical (unpaired) electrons. The lowest BCUT2D eigenvalue weighted by Gasteiger charge is -2.03. The standard InChI is InChI=1S/C9H14N2OS.C8H11BN2OS/c1-4-7-5-13-9(10-7)11-8(12)6(2)3;1-3-6-4-10-8(13-6)11-7(12)5(2)9/h5-6H,4H2,1-3H3,(H,10,11,12);4-5H,3H2,1-2H3,(H,10,11,12). The molecule has 0 aliphatic rings. The Balaban J connectivity index is 0.000000260. The molecular weight excluding hydrogens is 367 g/mol. The molecule has 0 aromatic carbocycles. The minimum absolute atomic E-state index is 0.00831. The van der Waals surface area contributed by atoms with Gasteiger partial charge in [-0.25, -0.2) is 9.97 Å². The summed E-state index contributed by atoms with van der Waals surface area (Å²) in [4.78, 5) is 31.8. The first-order chi connectivity index (χ1) is 12.3. The Morgan fingerprint density at radius 2 is 1.77 bits per heavy atom. The lowest BCUT2D eigenvalue weighted by molar-refractivity contribution is -0.119. The maximum absolute atomic E-state index is 11.3. The van der Waals surface area contributed by atoms with Crippen molar-refractivity contribution in [2.75, 3.05) is 10.6 Å². The van der Waals surface area contributed by atoms with E-state index in [0.29, 0.717) is 10.3 Å². The summed E-state index contributed by atoms with van der Waals surface area (Å²) in [7, 11) is 5.39. The molecule has 140 valence electrons. The van der Waals surface area contributed by atoms with Crippen LogP contribution in [0.4, 0.5) is 10.3 Å². The fourth-order valence-electron chi connectivity index (χ4n) is 1.52. The van der Waals surface area contributed by atoms with Crippen molar-refractivity contribution in [3.8, 4) is 0 Å². The van der Waals surface area contributed by atoms with E-state index in [9.17, 15) is 9.59 Å². The van der Waals surface area contributed by atoms with E-state index in [-0.39, 0.29) is 17.7 Å². The number of nitrogens with one attached hydrogen (secondary N) is 2. The highest BCUT2D eigenvalue weighted by Gasteiger charge is 2.09. The number of nitrogens with zero attached hydrogens (tertiary/aromatic N) is 2. The van der Waals surface area contributed by atoms with Crippen LogP contribution in [-0.2, 0) is 22.4 Å². The van der Waals surface area contributed by atoms with Crippen LogP contribution in [0.5, 0.6) is 0 Å². The fraction of sp³-hybridized carbons (Fsp3) is 0.529. The van der Waals surface area contributed by atoms with E-state index in [1.54, 1.807) is 13.1 Å². The Bertz CT molecular complexity index is 653. The molecule has 1 unspecified atom stereocenters. The van der Waals surface area contributed by atoms with Gasteiger partial charge in [-0.15, -0.1) is 22.7 Å². The Morgan fingerprint density at radius 1 is 1.12 bits per heavy atom. The summed E-state index contributed by atoms with van der Waals surface area (Å²) < 4.78 is 0. The van der Waals surface area contributed by atoms with Crippen LogP contribution in [0.2, 0.25) is 5.82 Å². The predicted octanol–water partition coefficient (Wildman–Crippen LogP) is 3.92. The third-order valence-corrected chi connectivity index (χ3v) is 5.08. The molecule has 2 N–H and O–H groups in total. The molecule has 0 spiro atoms. The van der Waals surface area contributed by atoms with Crippen molar-refractivity contribution in [1.29, 1.82) is 0 Å². The molecule has 2 aromatic rings. The van der Waals surface area contributed by atoms with Gasteiger partial charge in [0.25, 0.3) is 0 Å². The Kier molecular flexibility index (Phi) is 9.50. The van der Waals surface area contributed by atoms with Crippen LogP contribution >= 0.6 is 22.7 Å². The van der Waals surface area contributed by atoms with Crippen molar-refractivity contribution < 1.29 is 9.59 Å². The summed E-state index contributed by atoms with van der Waals surface area (Å²) in [6.07, 6.45) is 3.61. The topological polar surface area (TPSA) is 84.0 Å². The maximum atomic E-state index is 11.3. The number of hydrogen-bond donors (Lipinski definition) is 2. The first kappa shape index (κ1) is 22.3. The van der Waals surface area contributed by atoms with Crippen molar-refractivity contribution in [2.45, 2.75) is 53.3 Å². The monoisotopic (exact) mass is 392 g/mol. The van der Waals surface area contributed by atoms with E-state index in [2.05, 4.69) is 20.6 Å². The molecule has 2 amide bonds. The quantitative estimate of drug-likeness (QED) is 0.730. The second-order valence-corrected chi connectivity index (χ2v) is 7.88. The largest absolute Gasteiger partial charge is 0.302 e. The Hall–Kier alpha value is -1.74. The molecule has 2 heterocycles. The van der Waals surface area contributed by atoms with Gasteiger partial charge < -0.3 is 10.6 Å². The molecule has 0 aliphatic heterocycles. The van der Waals surface area contributed by atoms with E-state index in [4.69, 9.17) is 7.85 Å². The number of carbonyl (C=O) groups is 2. The van der Waals surface area contributed by atoms with Gasteiger partial charge in [-0.3, -0.25) is 9.59 Å². The lowest BCUT2D eigenvalue weighted by Crippen LogP contribution is -2.17. The molecular formula is C17H25BN4O2S2. The number of aryl methyl sites for hydroxylation is 2. The van der Waals surface area contributed by atoms with Gasteiger partial charge >= 0.3 is 0 Å². The van der Waals surface area contributed by atoms with Crippen molar-refractivity contribution >= 4 is 52.6 Å². The zero-order valence-corrected chi connectivity index (χ0v) is 17.5. The van der Waals surface area contributed by atoms with E-state index < -0.39 is 5.82 Å². The number of rotatable bonds is 6. The number of thiazole rings is 2. The van der Waals surface area contributed by atoms with Crippen molar-refractivity contribution in [3.05, 3.63) is 22.1 Å². The Labute approximate surface area is 164 Å². The second-order valence-electron chi connectivity index (χ2n) is 5.90. The van der Waals surface area contributed by atoms with Gasteiger partial charge in [0.05, 0.1) is 13.5 Å². The van der Waals surface area contributed by atoms with Gasteiger partial charge in [0.1, 0.15) is 0 Å². The van der Waals surface area contributed by atoms with E-state index in [1.807, 2.05) is 33.1 Å². The Morgan fingerprint density at radius 3 is 2.23 bits per heavy atom. The third-order valence-electron chi connectivity index (χ3n) is 3.21. The summed E-state index contributed by atoms with van der Waals surface area (Å²) in [5, 5.41) is 8.70. The predicted molar refractivity (Wildman–Crippen MR) is 110 cm³/mol. The van der Waals surface area contributed by atoms with Gasteiger partial charge in [0.2, 0.25) is 11.8 Å². The molecule has 26 heavy (non-hydrogen) atoms. The number of hydrogen-bond acceptors (Lipinski definition) is 6. The molecule has 9 heteroatoms. The van der Waals surface area contributed by atoms with Crippen LogP contribution < -0.4 is 10.6 Å². The summed E-state index contributed by atoms with van der Waals surface area (Å²) in [6.45, 7) is 9.46. The van der Waals surface area contributed by atoms with Gasteiger partial charge in [0.15, 0.2) is 10.3 Å². The van der Waals surface area contributed by atoms with Crippen LogP contribution in [0.3, 0.4) is 0 Å². The number of anilines is 2. The summed E-state index contributed by atoms with van der Waals surface area (Å²) in [5.74, 6) is -0.656. The van der Waals surface area contributed by atoms with Gasteiger partial charge in [-0.1, -0.05) is 34.6 Å². The zero-order chi connectivity index (χ0) is 19.7. The minimum Gasteiger partial charge on any atom is -0.302 e. The second kappa shape index (κ2) is 11.1. The zero-order valence-electron chi connectivity index (χ0n) is 15.8. The van der Waals surface area contributed by atoms with Crippen molar-refractivity contribution in [1.82, 2.24) is 9.97 Å². The smallest absolute Gasteiger partial charge is 0.228 e. The van der Waals surface area contributed by atoms with E-state index >= 15 is 0 Å². The maximum Gasteiger partial charge on any atom is 0.228 e. The molecule has 2 aromatic heterocycles. The fourth-order valence-corrected chi connectivity index (χ4v) is 3.08. The molecule has 0 aliphatic carbocycles. The van der Waals surface area contributed by atoms with Crippen LogP contribution in [0.1, 0.15) is 45.2 Å². The van der Waals surface area contributed by atoms with Crippen LogP contribution in [0, 0.1) is 5.92 Å². The average Bonchev–Trinajstić information content (AvgIpc) is 3.24. The molecule has 6 nitrogen and oxygen atoms in total. The molecule has 0 saturated carbocycles. The normalized spacial score (nSPS) is 11.5. The van der Waals surface area contributed by atoms with Crippen LogP contribution in [0.15, 0.2) is 11.6 Å². The number of amides is 2. The third kappa shape index (κ3) is 7.66. The minimum atomic E-state index is -0.492. The first-order valence-electron chi connectivity index (χ1n) is 8.53. The molecule has 0 bridgehead atoms. The molecule has 0 fully saturated rings. The number of carbonyl (C=O) groups excluding carboxylic acids is 2. The first-order valence-corrected chi connectivity index (χ1v) is 10.2. The van der Waals surface area contributed by atoms with Gasteiger partial charge in [0, 0.05) is 22.4 Å². The van der Waals surface area contributed by atoms with Gasteiger partial charge in [-0.05, 0) is 18.7 Å². The van der Waals surface area contributed by atoms with Crippen molar-refractivity contribution in [2.24, 2.45) is 5.92 Å². The molecule has 0 saturated heterocycles. The van der Waals surface area contributed by atoms with Gasteiger partial charge in [-0.2, -0.15) is 0 Å². The molecule has 2 rings (SSSR count). The molecule has 1 atom stereocenters. The highest BCUT2D eigenvalue weighted by molar-refractivity contribution is 7.15. The number of aromatic nitrogens is 2. The van der Waals surface area contributed by atoms with Crippen molar-refractivity contribution in [3.63, 3.8) is 0 Å². The average molecular weight is 392 g/mol. The summed E-state index contributed by atoms with van der Waals surface area (Å²) in [5.41, 5.74) is 1.03. The van der Waals surface area contributed by atoms with E-state index in [1.165, 1.54) is 22.7 Å². The SMILES string of the molecule is CCc1csc(NC(=O)C(C)C)n1.[B]C(C)C(=O)Nc1ncc(CC)s1. The summed E-state index contributed by atoms with van der Waals surface area (Å²) in [6, 6.07) is 0. The highest BCUT2D eigenvalue weighted by Crippen LogP contribution is 2.19. The summed E-state index contributed by atoms with van der Waals surface area (Å²) >= 11 is 2.96. The van der Waals surface area contributed by atoms with E-state index in [0.717, 1.165) is 23.4 Å². The van der Waals surface area contributed by atoms with Crippen LogP contribution in [-0.4, -0.2) is 29.6 Å². The lowest BCUT2D eigenvalue weighted by atomic mass is 9.89. The highest BCUT2D eigenvalue weighted by atomic mass is 32.1. The van der Waals surface area contributed by atoms with Crippen LogP contribution in [0.25, 0.3) is 0 Å².